The zero-order valence-electron chi connectivity index (χ0n) is 13.0. The summed E-state index contributed by atoms with van der Waals surface area (Å²) in [6.45, 7) is 2.30. The first-order chi connectivity index (χ1) is 11.4. The summed E-state index contributed by atoms with van der Waals surface area (Å²) in [4.78, 5) is 14.7. The van der Waals surface area contributed by atoms with Gasteiger partial charge in [-0.05, 0) is 25.1 Å². The van der Waals surface area contributed by atoms with E-state index in [4.69, 9.17) is 21.1 Å². The highest BCUT2D eigenvalue weighted by molar-refractivity contribution is 6.31. The summed E-state index contributed by atoms with van der Waals surface area (Å²) >= 11 is 5.89. The Hall–Kier alpha value is -1.21. The highest BCUT2D eigenvalue weighted by Crippen LogP contribution is 2.65. The van der Waals surface area contributed by atoms with Crippen molar-refractivity contribution < 1.29 is 23.8 Å². The predicted molar refractivity (Wildman–Crippen MR) is 83.1 cm³/mol. The Kier molecular flexibility index (Phi) is 2.82. The van der Waals surface area contributed by atoms with Crippen molar-refractivity contribution in [2.24, 2.45) is 11.8 Å². The van der Waals surface area contributed by atoms with E-state index in [2.05, 4.69) is 0 Å². The van der Waals surface area contributed by atoms with Gasteiger partial charge >= 0.3 is 0 Å². The van der Waals surface area contributed by atoms with Gasteiger partial charge in [-0.25, -0.2) is 4.39 Å². The molecule has 24 heavy (non-hydrogen) atoms. The van der Waals surface area contributed by atoms with E-state index in [0.29, 0.717) is 25.1 Å². The Balaban J connectivity index is 1.63. The van der Waals surface area contributed by atoms with E-state index in [-0.39, 0.29) is 22.8 Å². The quantitative estimate of drug-likeness (QED) is 0.840. The van der Waals surface area contributed by atoms with Gasteiger partial charge in [-0.1, -0.05) is 11.6 Å². The fraction of sp³-hybridized carbons (Fsp3) is 0.588. The number of anilines is 1. The summed E-state index contributed by atoms with van der Waals surface area (Å²) in [6, 6.07) is 4.23. The third-order valence-corrected chi connectivity index (χ3v) is 6.48. The van der Waals surface area contributed by atoms with E-state index < -0.39 is 29.4 Å². The van der Waals surface area contributed by atoms with Crippen LogP contribution in [-0.4, -0.2) is 41.2 Å². The van der Waals surface area contributed by atoms with Crippen LogP contribution in [0.1, 0.15) is 19.8 Å². The molecule has 0 aromatic heterocycles. The summed E-state index contributed by atoms with van der Waals surface area (Å²) in [5.41, 5.74) is -0.900. The maximum Gasteiger partial charge on any atom is 0.235 e. The van der Waals surface area contributed by atoms with Crippen LogP contribution in [0.25, 0.3) is 0 Å². The molecule has 4 fully saturated rings. The van der Waals surface area contributed by atoms with Crippen molar-refractivity contribution in [3.8, 4) is 0 Å². The molecule has 4 aliphatic heterocycles. The standard InChI is InChI=1S/C17H17ClFNO4/c1-16-7-11(21)17(24-16)4-5-23-15-13(17)12(16)14(22)20(15)8-2-3-10(19)9(18)6-8/h2-3,6,11-13,15,21H,4-5,7H2,1H3/t11-,12+,13-,15-,16+,17-/m0/s1. The molecule has 1 N–H and O–H groups in total. The summed E-state index contributed by atoms with van der Waals surface area (Å²) < 4.78 is 25.6. The first-order valence-electron chi connectivity index (χ1n) is 8.15. The Morgan fingerprint density at radius 3 is 3.00 bits per heavy atom. The largest absolute Gasteiger partial charge is 0.390 e. The molecule has 0 saturated carbocycles. The van der Waals surface area contributed by atoms with Gasteiger partial charge in [-0.2, -0.15) is 0 Å². The average molecular weight is 354 g/mol. The lowest BCUT2D eigenvalue weighted by atomic mass is 9.65. The molecule has 1 amide bonds. The lowest BCUT2D eigenvalue weighted by molar-refractivity contribution is -0.163. The number of carbonyl (C=O) groups excluding carboxylic acids is 1. The van der Waals surface area contributed by atoms with Gasteiger partial charge in [-0.15, -0.1) is 0 Å². The van der Waals surface area contributed by atoms with Crippen molar-refractivity contribution in [1.82, 2.24) is 0 Å². The van der Waals surface area contributed by atoms with Gasteiger partial charge in [0, 0.05) is 18.5 Å². The number of ether oxygens (including phenoxy) is 2. The predicted octanol–water partition coefficient (Wildman–Crippen LogP) is 2.10. The highest BCUT2D eigenvalue weighted by Gasteiger charge is 2.78. The minimum atomic E-state index is -0.726. The Labute approximate surface area is 143 Å². The van der Waals surface area contributed by atoms with Gasteiger partial charge in [0.2, 0.25) is 5.91 Å². The van der Waals surface area contributed by atoms with Crippen LogP contribution in [-0.2, 0) is 14.3 Å². The molecule has 4 aliphatic rings. The Morgan fingerprint density at radius 2 is 2.25 bits per heavy atom. The van der Waals surface area contributed by atoms with Gasteiger partial charge in [0.05, 0.1) is 35.2 Å². The van der Waals surface area contributed by atoms with E-state index in [9.17, 15) is 14.3 Å². The van der Waals surface area contributed by atoms with Gasteiger partial charge in [0.1, 0.15) is 17.6 Å². The third-order valence-electron chi connectivity index (χ3n) is 6.20. The lowest BCUT2D eigenvalue weighted by Gasteiger charge is -2.43. The van der Waals surface area contributed by atoms with Gasteiger partial charge in [0.15, 0.2) is 0 Å². The van der Waals surface area contributed by atoms with Crippen LogP contribution in [0.2, 0.25) is 5.02 Å². The Morgan fingerprint density at radius 1 is 1.46 bits per heavy atom. The molecule has 1 aromatic carbocycles. The molecule has 0 unspecified atom stereocenters. The first kappa shape index (κ1) is 15.1. The maximum absolute atomic E-state index is 13.5. The number of fused-ring (bicyclic) bond motifs is 2. The molecule has 0 aliphatic carbocycles. The topological polar surface area (TPSA) is 59.0 Å². The molecule has 5 rings (SSSR count). The second-order valence-corrected chi connectivity index (χ2v) is 7.82. The van der Waals surface area contributed by atoms with Crippen molar-refractivity contribution in [3.05, 3.63) is 29.0 Å². The molecular formula is C17H17ClFNO4. The number of aliphatic hydroxyl groups excluding tert-OH is 1. The highest BCUT2D eigenvalue weighted by atomic mass is 35.5. The normalized spacial score (nSPS) is 45.8. The molecule has 5 nitrogen and oxygen atoms in total. The van der Waals surface area contributed by atoms with Gasteiger partial charge in [-0.3, -0.25) is 9.69 Å². The number of carbonyl (C=O) groups is 1. The summed E-state index contributed by atoms with van der Waals surface area (Å²) in [6.07, 6.45) is -0.0913. The third kappa shape index (κ3) is 1.58. The second-order valence-electron chi connectivity index (χ2n) is 7.41. The van der Waals surface area contributed by atoms with Crippen LogP contribution < -0.4 is 4.90 Å². The van der Waals surface area contributed by atoms with Crippen molar-refractivity contribution >= 4 is 23.2 Å². The molecule has 128 valence electrons. The van der Waals surface area contributed by atoms with Gasteiger partial charge in [0.25, 0.3) is 0 Å². The second kappa shape index (κ2) is 4.49. The molecule has 4 saturated heterocycles. The smallest absolute Gasteiger partial charge is 0.235 e. The van der Waals surface area contributed by atoms with E-state index in [1.54, 1.807) is 4.90 Å². The zero-order valence-corrected chi connectivity index (χ0v) is 13.8. The molecule has 1 aromatic rings. The van der Waals surface area contributed by atoms with Crippen molar-refractivity contribution in [3.63, 3.8) is 0 Å². The van der Waals surface area contributed by atoms with Crippen LogP contribution in [0.3, 0.4) is 0 Å². The SMILES string of the molecule is C[C@@]12C[C@H](O)[C@]3(CCO[C@H]4[C@@H]3[C@@H]1C(=O)N4c1ccc(F)c(Cl)c1)O2. The van der Waals surface area contributed by atoms with Crippen LogP contribution >= 0.6 is 11.6 Å². The lowest BCUT2D eigenvalue weighted by Crippen LogP contribution is -2.56. The van der Waals surface area contributed by atoms with Crippen LogP contribution in [0.5, 0.6) is 0 Å². The minimum Gasteiger partial charge on any atom is -0.390 e. The number of hydrogen-bond acceptors (Lipinski definition) is 4. The number of halogens is 2. The van der Waals surface area contributed by atoms with Crippen LogP contribution in [0, 0.1) is 17.7 Å². The molecule has 2 bridgehead atoms. The van der Waals surface area contributed by atoms with E-state index in [1.165, 1.54) is 18.2 Å². The van der Waals surface area contributed by atoms with Crippen molar-refractivity contribution in [2.45, 2.75) is 43.3 Å². The molecule has 1 spiro atoms. The fourth-order valence-electron chi connectivity index (χ4n) is 5.31. The number of aliphatic hydroxyl groups is 1. The molecule has 7 heteroatoms. The van der Waals surface area contributed by atoms with E-state index >= 15 is 0 Å². The van der Waals surface area contributed by atoms with E-state index in [0.717, 1.165) is 0 Å². The summed E-state index contributed by atoms with van der Waals surface area (Å²) in [7, 11) is 0. The minimum absolute atomic E-state index is 0.0339. The van der Waals surface area contributed by atoms with Gasteiger partial charge < -0.3 is 14.6 Å². The van der Waals surface area contributed by atoms with Crippen molar-refractivity contribution in [1.29, 1.82) is 0 Å². The summed E-state index contributed by atoms with van der Waals surface area (Å²) in [5.74, 6) is -1.23. The zero-order chi connectivity index (χ0) is 16.9. The number of hydrogen-bond donors (Lipinski definition) is 1. The first-order valence-corrected chi connectivity index (χ1v) is 8.53. The van der Waals surface area contributed by atoms with E-state index in [1.807, 2.05) is 6.92 Å². The summed E-state index contributed by atoms with van der Waals surface area (Å²) in [5, 5.41) is 10.5. The fourth-order valence-corrected chi connectivity index (χ4v) is 5.49. The molecular weight excluding hydrogens is 337 g/mol. The molecule has 0 radical (unpaired) electrons. The monoisotopic (exact) mass is 353 g/mol. The van der Waals surface area contributed by atoms with Crippen molar-refractivity contribution in [2.75, 3.05) is 11.5 Å². The number of rotatable bonds is 1. The number of benzene rings is 1. The Bertz CT molecular complexity index is 760. The number of nitrogens with zero attached hydrogens (tertiary/aromatic N) is 1. The molecule has 6 atom stereocenters. The number of amides is 1. The van der Waals surface area contributed by atoms with Crippen LogP contribution in [0.4, 0.5) is 10.1 Å². The molecule has 4 heterocycles. The average Bonchev–Trinajstić information content (AvgIpc) is 3.07. The van der Waals surface area contributed by atoms with Crippen LogP contribution in [0.15, 0.2) is 18.2 Å². The maximum atomic E-state index is 13.5.